The molecule has 0 unspecified atom stereocenters. The van der Waals surface area contributed by atoms with Gasteiger partial charge in [0, 0.05) is 25.2 Å². The maximum atomic E-state index is 14.7. The number of carbonyl (C=O) groups excluding carboxylic acids is 1. The van der Waals surface area contributed by atoms with Crippen molar-refractivity contribution in [3.8, 4) is 0 Å². The minimum atomic E-state index is -0.766. The number of pyridine rings is 2. The quantitative estimate of drug-likeness (QED) is 0.389. The van der Waals surface area contributed by atoms with Gasteiger partial charge in [-0.3, -0.25) is 4.79 Å². The second-order valence-corrected chi connectivity index (χ2v) is 8.81. The first-order valence-electron chi connectivity index (χ1n) is 11.7. The molecule has 1 aliphatic heterocycles. The Morgan fingerprint density at radius 1 is 1.15 bits per heavy atom. The molecular weight excluding hydrogens is 423 g/mol. The van der Waals surface area contributed by atoms with Gasteiger partial charge in [0.15, 0.2) is 11.6 Å². The number of anilines is 4. The molecule has 1 amide bonds. The Hall–Kier alpha value is -2.98. The molecule has 2 fully saturated rings. The highest BCUT2D eigenvalue weighted by atomic mass is 19.1. The van der Waals surface area contributed by atoms with Crippen LogP contribution in [-0.2, 0) is 0 Å². The predicted molar refractivity (Wildman–Crippen MR) is 128 cm³/mol. The Kier molecular flexibility index (Phi) is 7.56. The number of nitrogens with zero attached hydrogens (tertiary/aromatic N) is 3. The normalized spacial score (nSPS) is 21.0. The summed E-state index contributed by atoms with van der Waals surface area (Å²) >= 11 is 0. The van der Waals surface area contributed by atoms with Crippen LogP contribution in [0.5, 0.6) is 0 Å². The van der Waals surface area contributed by atoms with E-state index in [4.69, 9.17) is 11.5 Å². The van der Waals surface area contributed by atoms with Gasteiger partial charge in [0.05, 0.1) is 17.4 Å². The average molecular weight is 457 g/mol. The fourth-order valence-corrected chi connectivity index (χ4v) is 4.44. The molecule has 2 aromatic heterocycles. The smallest absolute Gasteiger partial charge is 0.252 e. The highest BCUT2D eigenvalue weighted by molar-refractivity contribution is 5.98. The third kappa shape index (κ3) is 6.08. The van der Waals surface area contributed by atoms with Crippen LogP contribution in [0, 0.1) is 5.82 Å². The topological polar surface area (TPSA) is 134 Å². The van der Waals surface area contributed by atoms with Crippen LogP contribution in [0.4, 0.5) is 27.5 Å². The van der Waals surface area contributed by atoms with Gasteiger partial charge in [-0.15, -0.1) is 0 Å². The van der Waals surface area contributed by atoms with Crippen molar-refractivity contribution >= 4 is 29.0 Å². The SMILES string of the molecule is NC(=O)c1cc(F)c(N[C@@H]2CCCC[C@@H]2N)nc1Nc1ccc(NCCN2CCCC2)nc1. The van der Waals surface area contributed by atoms with E-state index in [9.17, 15) is 9.18 Å². The van der Waals surface area contributed by atoms with E-state index in [1.54, 1.807) is 6.20 Å². The van der Waals surface area contributed by atoms with Gasteiger partial charge < -0.3 is 32.3 Å². The number of aromatic nitrogens is 2. The molecule has 178 valence electrons. The fraction of sp³-hybridized carbons (Fsp3) is 0.522. The Morgan fingerprint density at radius 3 is 2.64 bits per heavy atom. The van der Waals surface area contributed by atoms with Crippen LogP contribution in [0.25, 0.3) is 0 Å². The summed E-state index contributed by atoms with van der Waals surface area (Å²) in [4.78, 5) is 23.1. The molecule has 2 aromatic rings. The lowest BCUT2D eigenvalue weighted by molar-refractivity contribution is 0.100. The molecule has 1 saturated heterocycles. The van der Waals surface area contributed by atoms with Gasteiger partial charge in [-0.1, -0.05) is 12.8 Å². The summed E-state index contributed by atoms with van der Waals surface area (Å²) in [6.07, 6.45) is 8.01. The monoisotopic (exact) mass is 456 g/mol. The minimum absolute atomic E-state index is 0.0289. The van der Waals surface area contributed by atoms with Crippen molar-refractivity contribution in [3.63, 3.8) is 0 Å². The van der Waals surface area contributed by atoms with Crippen LogP contribution in [0.15, 0.2) is 24.4 Å². The molecule has 9 nitrogen and oxygen atoms in total. The van der Waals surface area contributed by atoms with E-state index in [2.05, 4.69) is 30.8 Å². The summed E-state index contributed by atoms with van der Waals surface area (Å²) < 4.78 is 14.7. The third-order valence-corrected chi connectivity index (χ3v) is 6.34. The van der Waals surface area contributed by atoms with Crippen molar-refractivity contribution in [2.24, 2.45) is 11.5 Å². The molecule has 1 saturated carbocycles. The maximum absolute atomic E-state index is 14.7. The summed E-state index contributed by atoms with van der Waals surface area (Å²) in [5, 5.41) is 9.48. The number of nitrogens with one attached hydrogen (secondary N) is 3. The molecule has 1 aliphatic carbocycles. The van der Waals surface area contributed by atoms with E-state index in [1.807, 2.05) is 12.1 Å². The van der Waals surface area contributed by atoms with Gasteiger partial charge in [-0.2, -0.15) is 0 Å². The van der Waals surface area contributed by atoms with Crippen molar-refractivity contribution < 1.29 is 9.18 Å². The molecule has 4 rings (SSSR count). The molecule has 3 heterocycles. The molecule has 2 atom stereocenters. The van der Waals surface area contributed by atoms with Crippen LogP contribution in [0.2, 0.25) is 0 Å². The summed E-state index contributed by atoms with van der Waals surface area (Å²) in [5.41, 5.74) is 12.2. The van der Waals surface area contributed by atoms with Crippen molar-refractivity contribution in [2.45, 2.75) is 50.6 Å². The predicted octanol–water partition coefficient (Wildman–Crippen LogP) is 2.65. The van der Waals surface area contributed by atoms with E-state index in [0.29, 0.717) is 5.69 Å². The summed E-state index contributed by atoms with van der Waals surface area (Å²) in [7, 11) is 0. The first-order valence-corrected chi connectivity index (χ1v) is 11.7. The molecular formula is C23H33FN8O. The zero-order valence-corrected chi connectivity index (χ0v) is 18.8. The number of nitrogens with two attached hydrogens (primary N) is 2. The second-order valence-electron chi connectivity index (χ2n) is 8.81. The highest BCUT2D eigenvalue weighted by Crippen LogP contribution is 2.26. The van der Waals surface area contributed by atoms with Crippen molar-refractivity contribution in [2.75, 3.05) is 42.1 Å². The van der Waals surface area contributed by atoms with E-state index in [0.717, 1.165) is 63.7 Å². The Morgan fingerprint density at radius 2 is 1.94 bits per heavy atom. The van der Waals surface area contributed by atoms with Gasteiger partial charge in [0.25, 0.3) is 5.91 Å². The van der Waals surface area contributed by atoms with Crippen LogP contribution >= 0.6 is 0 Å². The van der Waals surface area contributed by atoms with Gasteiger partial charge in [-0.25, -0.2) is 14.4 Å². The van der Waals surface area contributed by atoms with E-state index >= 15 is 0 Å². The number of carbonyl (C=O) groups is 1. The number of halogens is 1. The van der Waals surface area contributed by atoms with Crippen molar-refractivity contribution in [1.29, 1.82) is 0 Å². The summed E-state index contributed by atoms with van der Waals surface area (Å²) in [6, 6.07) is 4.64. The summed E-state index contributed by atoms with van der Waals surface area (Å²) in [5.74, 6) is -0.415. The molecule has 0 spiro atoms. The lowest BCUT2D eigenvalue weighted by Gasteiger charge is -2.30. The zero-order valence-electron chi connectivity index (χ0n) is 18.8. The molecule has 33 heavy (non-hydrogen) atoms. The van der Waals surface area contributed by atoms with Gasteiger partial charge in [0.2, 0.25) is 0 Å². The Balaban J connectivity index is 1.43. The minimum Gasteiger partial charge on any atom is -0.369 e. The van der Waals surface area contributed by atoms with Crippen molar-refractivity contribution in [3.05, 3.63) is 35.8 Å². The van der Waals surface area contributed by atoms with E-state index in [1.165, 1.54) is 12.8 Å². The molecule has 0 aromatic carbocycles. The number of rotatable bonds is 9. The Labute approximate surface area is 193 Å². The van der Waals surface area contributed by atoms with Crippen molar-refractivity contribution in [1.82, 2.24) is 14.9 Å². The molecule has 0 bridgehead atoms. The molecule has 0 radical (unpaired) electrons. The number of amides is 1. The van der Waals surface area contributed by atoms with Crippen LogP contribution in [0.1, 0.15) is 48.9 Å². The van der Waals surface area contributed by atoms with E-state index in [-0.39, 0.29) is 29.3 Å². The third-order valence-electron chi connectivity index (χ3n) is 6.34. The lowest BCUT2D eigenvalue weighted by atomic mass is 9.91. The average Bonchev–Trinajstić information content (AvgIpc) is 3.32. The number of primary amides is 1. The van der Waals surface area contributed by atoms with Gasteiger partial charge in [-0.05, 0) is 57.0 Å². The van der Waals surface area contributed by atoms with Gasteiger partial charge in [0.1, 0.15) is 11.6 Å². The second kappa shape index (κ2) is 10.8. The fourth-order valence-electron chi connectivity index (χ4n) is 4.44. The molecule has 2 aliphatic rings. The lowest BCUT2D eigenvalue weighted by Crippen LogP contribution is -2.43. The Bertz CT molecular complexity index is 948. The zero-order chi connectivity index (χ0) is 23.2. The van der Waals surface area contributed by atoms with E-state index < -0.39 is 11.7 Å². The van der Waals surface area contributed by atoms with Crippen LogP contribution in [0.3, 0.4) is 0 Å². The van der Waals surface area contributed by atoms with Crippen LogP contribution in [-0.4, -0.2) is 59.0 Å². The van der Waals surface area contributed by atoms with Crippen LogP contribution < -0.4 is 27.4 Å². The first kappa shape index (κ1) is 23.2. The number of likely N-dealkylation sites (tertiary alicyclic amines) is 1. The first-order chi connectivity index (χ1) is 16.0. The molecule has 7 N–H and O–H groups in total. The van der Waals surface area contributed by atoms with Gasteiger partial charge >= 0.3 is 0 Å². The molecule has 10 heteroatoms. The number of hydrogen-bond donors (Lipinski definition) is 5. The maximum Gasteiger partial charge on any atom is 0.252 e. The largest absolute Gasteiger partial charge is 0.369 e. The highest BCUT2D eigenvalue weighted by Gasteiger charge is 2.24. The number of hydrogen-bond acceptors (Lipinski definition) is 8. The summed E-state index contributed by atoms with van der Waals surface area (Å²) in [6.45, 7) is 4.13. The standard InChI is InChI=1S/C23H33FN8O/c24-17-13-16(21(26)33)22(31-23(17)30-19-6-2-1-5-18(19)25)29-15-7-8-20(28-14-15)27-9-12-32-10-3-4-11-32/h7-8,13-14,18-19H,1-6,9-12,25H2,(H2,26,33)(H,27,28)(H2,29,30,31)/t18-,19+/m0/s1.